The molecule has 1 saturated carbocycles. The number of unbranched alkanes of at least 4 members (excludes halogenated alkanes) is 4. The predicted molar refractivity (Wildman–Crippen MR) is 74.2 cm³/mol. The minimum absolute atomic E-state index is 0.513. The molecule has 0 aromatic heterocycles. The molecule has 1 rings (SSSR count). The Morgan fingerprint density at radius 2 is 1.59 bits per heavy atom. The van der Waals surface area contributed by atoms with Crippen LogP contribution in [0.2, 0.25) is 0 Å². The Hall–Kier alpha value is -0.330. The number of carbonyl (C=O) groups excluding carboxylic acids is 1. The van der Waals surface area contributed by atoms with E-state index >= 15 is 0 Å². The molecule has 17 heavy (non-hydrogen) atoms. The molecule has 0 aliphatic heterocycles. The van der Waals surface area contributed by atoms with Crippen LogP contribution in [0.15, 0.2) is 0 Å². The summed E-state index contributed by atoms with van der Waals surface area (Å²) in [5.74, 6) is 1.46. The standard InChI is InChI=1S/C16H30O/c1-2-3-4-5-6-13-16(17)14-9-12-15-10-7-8-11-15/h15H,2-14H2,1H3. The molecule has 0 amide bonds. The fraction of sp³-hybridized carbons (Fsp3) is 0.938. The van der Waals surface area contributed by atoms with E-state index < -0.39 is 0 Å². The summed E-state index contributed by atoms with van der Waals surface area (Å²) in [6.07, 6.45) is 16.2. The molecule has 0 heterocycles. The molecule has 1 aliphatic carbocycles. The van der Waals surface area contributed by atoms with Crippen LogP contribution in [0.3, 0.4) is 0 Å². The second-order valence-corrected chi connectivity index (χ2v) is 5.75. The fourth-order valence-electron chi connectivity index (χ4n) is 2.94. The maximum Gasteiger partial charge on any atom is 0.132 e. The molecule has 1 heteroatoms. The molecule has 0 saturated heterocycles. The molecule has 1 aliphatic rings. The second kappa shape index (κ2) is 9.67. The van der Waals surface area contributed by atoms with Crippen molar-refractivity contribution in [1.29, 1.82) is 0 Å². The van der Waals surface area contributed by atoms with Gasteiger partial charge in [0.1, 0.15) is 5.78 Å². The van der Waals surface area contributed by atoms with Gasteiger partial charge in [-0.05, 0) is 18.8 Å². The highest BCUT2D eigenvalue weighted by Gasteiger charge is 2.14. The van der Waals surface area contributed by atoms with Crippen LogP contribution in [0.25, 0.3) is 0 Å². The summed E-state index contributed by atoms with van der Waals surface area (Å²) in [7, 11) is 0. The largest absolute Gasteiger partial charge is 0.300 e. The van der Waals surface area contributed by atoms with Crippen LogP contribution >= 0.6 is 0 Å². The van der Waals surface area contributed by atoms with E-state index in [9.17, 15) is 4.79 Å². The third kappa shape index (κ3) is 7.57. The molecule has 0 N–H and O–H groups in total. The van der Waals surface area contributed by atoms with Crippen molar-refractivity contribution in [3.8, 4) is 0 Å². The lowest BCUT2D eigenvalue weighted by Gasteiger charge is -2.07. The van der Waals surface area contributed by atoms with Gasteiger partial charge in [0.15, 0.2) is 0 Å². The molecular formula is C16H30O. The van der Waals surface area contributed by atoms with E-state index in [0.717, 1.165) is 31.6 Å². The zero-order valence-electron chi connectivity index (χ0n) is 11.7. The van der Waals surface area contributed by atoms with Crippen LogP contribution in [0.4, 0.5) is 0 Å². The Labute approximate surface area is 107 Å². The molecule has 0 bridgehead atoms. The summed E-state index contributed by atoms with van der Waals surface area (Å²) in [5.41, 5.74) is 0. The van der Waals surface area contributed by atoms with Gasteiger partial charge in [0.05, 0.1) is 0 Å². The maximum atomic E-state index is 11.6. The molecule has 0 aromatic rings. The number of rotatable bonds is 10. The smallest absolute Gasteiger partial charge is 0.132 e. The molecular weight excluding hydrogens is 208 g/mol. The van der Waals surface area contributed by atoms with Crippen LogP contribution in [0.5, 0.6) is 0 Å². The topological polar surface area (TPSA) is 17.1 Å². The maximum absolute atomic E-state index is 11.6. The van der Waals surface area contributed by atoms with E-state index in [1.807, 2.05) is 0 Å². The number of carbonyl (C=O) groups is 1. The van der Waals surface area contributed by atoms with Crippen molar-refractivity contribution in [2.24, 2.45) is 5.92 Å². The Bertz CT molecular complexity index is 192. The van der Waals surface area contributed by atoms with Gasteiger partial charge in [0.2, 0.25) is 0 Å². The summed E-state index contributed by atoms with van der Waals surface area (Å²) in [4.78, 5) is 11.6. The summed E-state index contributed by atoms with van der Waals surface area (Å²) in [6.45, 7) is 2.23. The highest BCUT2D eigenvalue weighted by Crippen LogP contribution is 2.29. The SMILES string of the molecule is CCCCCCCC(=O)CCCC1CCCC1. The zero-order chi connectivity index (χ0) is 12.3. The first kappa shape index (κ1) is 14.7. The first-order valence-electron chi connectivity index (χ1n) is 7.84. The van der Waals surface area contributed by atoms with Crippen LogP contribution in [0.1, 0.15) is 90.4 Å². The van der Waals surface area contributed by atoms with Crippen molar-refractivity contribution < 1.29 is 4.79 Å². The molecule has 100 valence electrons. The Balaban J connectivity index is 1.86. The van der Waals surface area contributed by atoms with Crippen molar-refractivity contribution in [3.05, 3.63) is 0 Å². The van der Waals surface area contributed by atoms with Gasteiger partial charge in [-0.3, -0.25) is 4.79 Å². The summed E-state index contributed by atoms with van der Waals surface area (Å²) >= 11 is 0. The quantitative estimate of drug-likeness (QED) is 0.473. The van der Waals surface area contributed by atoms with E-state index in [1.54, 1.807) is 0 Å². The highest BCUT2D eigenvalue weighted by atomic mass is 16.1. The van der Waals surface area contributed by atoms with Crippen molar-refractivity contribution in [1.82, 2.24) is 0 Å². The van der Waals surface area contributed by atoms with Crippen LogP contribution in [-0.4, -0.2) is 5.78 Å². The zero-order valence-corrected chi connectivity index (χ0v) is 11.7. The lowest BCUT2D eigenvalue weighted by Crippen LogP contribution is -2.00. The van der Waals surface area contributed by atoms with Gasteiger partial charge in [0, 0.05) is 12.8 Å². The Morgan fingerprint density at radius 1 is 0.941 bits per heavy atom. The van der Waals surface area contributed by atoms with E-state index in [4.69, 9.17) is 0 Å². The average Bonchev–Trinajstić information content (AvgIpc) is 2.82. The van der Waals surface area contributed by atoms with Gasteiger partial charge >= 0.3 is 0 Å². The molecule has 1 fully saturated rings. The van der Waals surface area contributed by atoms with Crippen molar-refractivity contribution in [2.45, 2.75) is 90.4 Å². The van der Waals surface area contributed by atoms with Crippen molar-refractivity contribution >= 4 is 5.78 Å². The molecule has 0 atom stereocenters. The van der Waals surface area contributed by atoms with Crippen molar-refractivity contribution in [3.63, 3.8) is 0 Å². The van der Waals surface area contributed by atoms with Crippen LogP contribution < -0.4 is 0 Å². The third-order valence-electron chi connectivity index (χ3n) is 4.10. The molecule has 0 spiro atoms. The molecule has 0 radical (unpaired) electrons. The lowest BCUT2D eigenvalue weighted by molar-refractivity contribution is -0.119. The van der Waals surface area contributed by atoms with Gasteiger partial charge in [-0.25, -0.2) is 0 Å². The van der Waals surface area contributed by atoms with Gasteiger partial charge in [0.25, 0.3) is 0 Å². The molecule has 0 unspecified atom stereocenters. The second-order valence-electron chi connectivity index (χ2n) is 5.75. The number of hydrogen-bond donors (Lipinski definition) is 0. The van der Waals surface area contributed by atoms with Gasteiger partial charge < -0.3 is 0 Å². The molecule has 0 aromatic carbocycles. The van der Waals surface area contributed by atoms with E-state index in [-0.39, 0.29) is 0 Å². The number of Topliss-reactive ketones (excluding diaryl/α,β-unsaturated/α-hetero) is 1. The predicted octanol–water partition coefficient (Wildman–Crippen LogP) is 5.28. The van der Waals surface area contributed by atoms with Crippen LogP contribution in [-0.2, 0) is 4.79 Å². The van der Waals surface area contributed by atoms with Gasteiger partial charge in [-0.1, -0.05) is 64.7 Å². The van der Waals surface area contributed by atoms with Crippen molar-refractivity contribution in [2.75, 3.05) is 0 Å². The van der Waals surface area contributed by atoms with E-state index in [0.29, 0.717) is 5.78 Å². The molecule has 1 nitrogen and oxygen atoms in total. The average molecular weight is 238 g/mol. The number of hydrogen-bond acceptors (Lipinski definition) is 1. The van der Waals surface area contributed by atoms with E-state index in [2.05, 4.69) is 6.92 Å². The van der Waals surface area contributed by atoms with Gasteiger partial charge in [-0.2, -0.15) is 0 Å². The minimum atomic E-state index is 0.513. The summed E-state index contributed by atoms with van der Waals surface area (Å²) in [6, 6.07) is 0. The minimum Gasteiger partial charge on any atom is -0.300 e. The normalized spacial score (nSPS) is 16.5. The fourth-order valence-corrected chi connectivity index (χ4v) is 2.94. The van der Waals surface area contributed by atoms with Crippen LogP contribution in [0, 0.1) is 5.92 Å². The summed E-state index contributed by atoms with van der Waals surface area (Å²) < 4.78 is 0. The Kier molecular flexibility index (Phi) is 8.38. The highest BCUT2D eigenvalue weighted by molar-refractivity contribution is 5.78. The monoisotopic (exact) mass is 238 g/mol. The first-order chi connectivity index (χ1) is 8.33. The van der Waals surface area contributed by atoms with Gasteiger partial charge in [-0.15, -0.1) is 0 Å². The number of ketones is 1. The third-order valence-corrected chi connectivity index (χ3v) is 4.10. The lowest BCUT2D eigenvalue weighted by atomic mass is 9.98. The first-order valence-corrected chi connectivity index (χ1v) is 7.84. The Morgan fingerprint density at radius 3 is 2.29 bits per heavy atom. The van der Waals surface area contributed by atoms with E-state index in [1.165, 1.54) is 57.8 Å². The summed E-state index contributed by atoms with van der Waals surface area (Å²) in [5, 5.41) is 0.